The number of halogens is 2. The number of benzene rings is 2. The molecule has 3 nitrogen and oxygen atoms in total. The zero-order valence-electron chi connectivity index (χ0n) is 11.6. The molecule has 2 aromatic carbocycles. The van der Waals surface area contributed by atoms with Gasteiger partial charge in [-0.1, -0.05) is 22.0 Å². The molecule has 0 amide bonds. The molecule has 0 aromatic heterocycles. The van der Waals surface area contributed by atoms with Crippen molar-refractivity contribution in [2.45, 2.75) is 0 Å². The van der Waals surface area contributed by atoms with Gasteiger partial charge in [-0.25, -0.2) is 4.39 Å². The van der Waals surface area contributed by atoms with E-state index < -0.39 is 0 Å². The van der Waals surface area contributed by atoms with Gasteiger partial charge >= 0.3 is 0 Å². The predicted molar refractivity (Wildman–Crippen MR) is 86.5 cm³/mol. The summed E-state index contributed by atoms with van der Waals surface area (Å²) in [6.45, 7) is 0.177. The van der Waals surface area contributed by atoms with E-state index in [4.69, 9.17) is 9.84 Å². The van der Waals surface area contributed by atoms with Crippen LogP contribution in [0.2, 0.25) is 0 Å². The van der Waals surface area contributed by atoms with Gasteiger partial charge in [0.1, 0.15) is 18.2 Å². The van der Waals surface area contributed by atoms with Crippen LogP contribution < -0.4 is 4.74 Å². The zero-order chi connectivity index (χ0) is 15.9. The number of ether oxygens (including phenoxy) is 1. The Bertz CT molecular complexity index is 681. The van der Waals surface area contributed by atoms with Gasteiger partial charge in [-0.05, 0) is 54.1 Å². The fourth-order valence-electron chi connectivity index (χ4n) is 1.77. The van der Waals surface area contributed by atoms with Crippen LogP contribution in [0.15, 0.2) is 53.0 Å². The number of allylic oxidation sites excluding steroid dienone is 1. The quantitative estimate of drug-likeness (QED) is 0.625. The van der Waals surface area contributed by atoms with Crippen molar-refractivity contribution in [3.05, 3.63) is 70.0 Å². The van der Waals surface area contributed by atoms with Crippen molar-refractivity contribution >= 4 is 27.8 Å². The van der Waals surface area contributed by atoms with E-state index in [0.717, 1.165) is 10.0 Å². The summed E-state index contributed by atoms with van der Waals surface area (Å²) in [7, 11) is 0. The average Bonchev–Trinajstić information content (AvgIpc) is 2.52. The standard InChI is InChI=1S/C17H14BrFO3/c18-16-11-15(22-10-9-20)7-3-12(16)4-8-17(21)13-1-5-14(19)6-2-13/h1-8,11,20H,9-10H2. The lowest BCUT2D eigenvalue weighted by Crippen LogP contribution is -2.01. The second-order valence-corrected chi connectivity index (χ2v) is 5.31. The Hall–Kier alpha value is -1.98. The number of carbonyl (C=O) groups excluding carboxylic acids is 1. The number of carbonyl (C=O) groups is 1. The molecule has 0 bridgehead atoms. The molecule has 0 unspecified atom stereocenters. The molecule has 2 rings (SSSR count). The highest BCUT2D eigenvalue weighted by atomic mass is 79.9. The molecule has 0 fully saturated rings. The molecule has 2 aromatic rings. The smallest absolute Gasteiger partial charge is 0.185 e. The molecule has 0 atom stereocenters. The third-order valence-corrected chi connectivity index (χ3v) is 3.56. The fraction of sp³-hybridized carbons (Fsp3) is 0.118. The van der Waals surface area contributed by atoms with Crippen LogP contribution >= 0.6 is 15.9 Å². The van der Waals surface area contributed by atoms with E-state index in [1.165, 1.54) is 30.3 Å². The molecule has 0 saturated carbocycles. The van der Waals surface area contributed by atoms with Crippen LogP contribution in [0.25, 0.3) is 6.08 Å². The number of aliphatic hydroxyl groups excluding tert-OH is 1. The maximum atomic E-state index is 12.8. The lowest BCUT2D eigenvalue weighted by Gasteiger charge is -2.06. The summed E-state index contributed by atoms with van der Waals surface area (Å²) in [4.78, 5) is 12.0. The minimum atomic E-state index is -0.373. The number of hydrogen-bond acceptors (Lipinski definition) is 3. The van der Waals surface area contributed by atoms with E-state index in [1.807, 2.05) is 0 Å². The maximum absolute atomic E-state index is 12.8. The van der Waals surface area contributed by atoms with Gasteiger partial charge in [0.25, 0.3) is 0 Å². The Morgan fingerprint density at radius 1 is 1.23 bits per heavy atom. The van der Waals surface area contributed by atoms with Crippen molar-refractivity contribution < 1.29 is 19.0 Å². The summed E-state index contributed by atoms with van der Waals surface area (Å²) in [5.74, 6) is 0.0529. The molecule has 0 aliphatic rings. The first-order valence-electron chi connectivity index (χ1n) is 6.61. The van der Waals surface area contributed by atoms with Crippen LogP contribution in [-0.2, 0) is 0 Å². The van der Waals surface area contributed by atoms with Crippen molar-refractivity contribution in [2.24, 2.45) is 0 Å². The maximum Gasteiger partial charge on any atom is 0.185 e. The lowest BCUT2D eigenvalue weighted by atomic mass is 10.1. The molecule has 114 valence electrons. The van der Waals surface area contributed by atoms with Crippen molar-refractivity contribution in [3.8, 4) is 5.75 Å². The molecule has 0 saturated heterocycles. The third kappa shape index (κ3) is 4.51. The number of aliphatic hydroxyl groups is 1. The lowest BCUT2D eigenvalue weighted by molar-refractivity contribution is 0.104. The van der Waals surface area contributed by atoms with Crippen LogP contribution in [-0.4, -0.2) is 24.1 Å². The fourth-order valence-corrected chi connectivity index (χ4v) is 2.26. The second kappa shape index (κ2) is 7.87. The van der Waals surface area contributed by atoms with Gasteiger partial charge in [0.2, 0.25) is 0 Å². The highest BCUT2D eigenvalue weighted by molar-refractivity contribution is 9.10. The number of ketones is 1. The average molecular weight is 365 g/mol. The van der Waals surface area contributed by atoms with Crippen LogP contribution in [0.5, 0.6) is 5.75 Å². The highest BCUT2D eigenvalue weighted by Crippen LogP contribution is 2.24. The van der Waals surface area contributed by atoms with Crippen molar-refractivity contribution in [1.29, 1.82) is 0 Å². The van der Waals surface area contributed by atoms with E-state index in [1.54, 1.807) is 24.3 Å². The highest BCUT2D eigenvalue weighted by Gasteiger charge is 2.03. The molecular weight excluding hydrogens is 351 g/mol. The molecule has 0 aliphatic heterocycles. The molecule has 0 aliphatic carbocycles. The van der Waals surface area contributed by atoms with E-state index >= 15 is 0 Å². The Kier molecular flexibility index (Phi) is 5.86. The predicted octanol–water partition coefficient (Wildman–Crippen LogP) is 3.86. The van der Waals surface area contributed by atoms with Gasteiger partial charge in [0.15, 0.2) is 5.78 Å². The molecule has 0 spiro atoms. The van der Waals surface area contributed by atoms with Gasteiger partial charge < -0.3 is 9.84 Å². The monoisotopic (exact) mass is 364 g/mol. The van der Waals surface area contributed by atoms with Gasteiger partial charge in [0, 0.05) is 10.0 Å². The molecule has 5 heteroatoms. The van der Waals surface area contributed by atoms with E-state index in [-0.39, 0.29) is 24.8 Å². The summed E-state index contributed by atoms with van der Waals surface area (Å²) in [6, 6.07) is 10.7. The van der Waals surface area contributed by atoms with Crippen molar-refractivity contribution in [2.75, 3.05) is 13.2 Å². The first-order valence-corrected chi connectivity index (χ1v) is 7.40. The van der Waals surface area contributed by atoms with Gasteiger partial charge in [0.05, 0.1) is 6.61 Å². The Balaban J connectivity index is 2.09. The summed E-state index contributed by atoms with van der Waals surface area (Å²) in [5.41, 5.74) is 1.24. The minimum Gasteiger partial charge on any atom is -0.491 e. The van der Waals surface area contributed by atoms with Crippen LogP contribution in [0.1, 0.15) is 15.9 Å². The first-order chi connectivity index (χ1) is 10.6. The largest absolute Gasteiger partial charge is 0.491 e. The zero-order valence-corrected chi connectivity index (χ0v) is 13.2. The Labute approximate surface area is 136 Å². The van der Waals surface area contributed by atoms with Crippen molar-refractivity contribution in [1.82, 2.24) is 0 Å². The van der Waals surface area contributed by atoms with Gasteiger partial charge in [-0.15, -0.1) is 0 Å². The number of hydrogen-bond donors (Lipinski definition) is 1. The van der Waals surface area contributed by atoms with Crippen LogP contribution in [0.4, 0.5) is 4.39 Å². The SMILES string of the molecule is O=C(C=Cc1ccc(OCCO)cc1Br)c1ccc(F)cc1. The molecule has 1 N–H and O–H groups in total. The van der Waals surface area contributed by atoms with Crippen molar-refractivity contribution in [3.63, 3.8) is 0 Å². The molecule has 0 heterocycles. The third-order valence-electron chi connectivity index (χ3n) is 2.87. The molecular formula is C17H14BrFO3. The molecule has 0 radical (unpaired) electrons. The van der Waals surface area contributed by atoms with Gasteiger partial charge in [-0.2, -0.15) is 0 Å². The second-order valence-electron chi connectivity index (χ2n) is 4.46. The summed E-state index contributed by atoms with van der Waals surface area (Å²) in [6.07, 6.45) is 3.10. The van der Waals surface area contributed by atoms with E-state index in [2.05, 4.69) is 15.9 Å². The van der Waals surface area contributed by atoms with Gasteiger partial charge in [-0.3, -0.25) is 4.79 Å². The van der Waals surface area contributed by atoms with E-state index in [0.29, 0.717) is 11.3 Å². The topological polar surface area (TPSA) is 46.5 Å². The summed E-state index contributed by atoms with van der Waals surface area (Å²) >= 11 is 3.40. The van der Waals surface area contributed by atoms with E-state index in [9.17, 15) is 9.18 Å². The number of rotatable bonds is 6. The minimum absolute atomic E-state index is 0.0502. The summed E-state index contributed by atoms with van der Waals surface area (Å²) in [5, 5.41) is 8.71. The first kappa shape index (κ1) is 16.4. The van der Waals surface area contributed by atoms with Crippen LogP contribution in [0, 0.1) is 5.82 Å². The Morgan fingerprint density at radius 3 is 2.59 bits per heavy atom. The Morgan fingerprint density at radius 2 is 1.95 bits per heavy atom. The molecule has 22 heavy (non-hydrogen) atoms. The van der Waals surface area contributed by atoms with Crippen LogP contribution in [0.3, 0.4) is 0 Å². The normalized spacial score (nSPS) is 10.9. The summed E-state index contributed by atoms with van der Waals surface area (Å²) < 4.78 is 18.9.